The van der Waals surface area contributed by atoms with Crippen molar-refractivity contribution >= 4 is 17.2 Å². The first-order valence-corrected chi connectivity index (χ1v) is 10.2. The number of nitrogens with one attached hydrogen (secondary N) is 3. The van der Waals surface area contributed by atoms with Crippen LogP contribution in [0.1, 0.15) is 44.1 Å². The van der Waals surface area contributed by atoms with E-state index in [4.69, 9.17) is 0 Å². The lowest BCUT2D eigenvalue weighted by Crippen LogP contribution is -2.30. The average Bonchev–Trinajstić information content (AvgIpc) is 3.34. The second-order valence-electron chi connectivity index (χ2n) is 6.89. The second kappa shape index (κ2) is 9.30. The minimum absolute atomic E-state index is 0.0662. The number of hydrogen-bond donors (Lipinski definition) is 4. The number of amides is 1. The third kappa shape index (κ3) is 4.90. The van der Waals surface area contributed by atoms with Crippen LogP contribution in [0.3, 0.4) is 0 Å². The number of thiazole rings is 1. The molecule has 1 aromatic carbocycles. The van der Waals surface area contributed by atoms with Crippen LogP contribution in [0.2, 0.25) is 0 Å². The van der Waals surface area contributed by atoms with E-state index in [2.05, 4.69) is 20.6 Å². The van der Waals surface area contributed by atoms with Gasteiger partial charge in [0.25, 0.3) is 5.91 Å². The van der Waals surface area contributed by atoms with Crippen molar-refractivity contribution in [3.8, 4) is 11.3 Å². The van der Waals surface area contributed by atoms with Gasteiger partial charge in [-0.25, -0.2) is 9.37 Å². The number of nitrogens with zero attached hydrogens (tertiary/aromatic N) is 1. The first kappa shape index (κ1) is 21.2. The van der Waals surface area contributed by atoms with Gasteiger partial charge in [0.1, 0.15) is 16.5 Å². The molecule has 0 bridgehead atoms. The molecule has 3 rings (SSSR count). The zero-order valence-electron chi connectivity index (χ0n) is 16.7. The van der Waals surface area contributed by atoms with Gasteiger partial charge in [0.2, 0.25) is 0 Å². The summed E-state index contributed by atoms with van der Waals surface area (Å²) in [7, 11) is 1.85. The van der Waals surface area contributed by atoms with Crippen molar-refractivity contribution in [2.24, 2.45) is 0 Å². The van der Waals surface area contributed by atoms with E-state index in [9.17, 15) is 14.3 Å². The molecule has 1 atom stereocenters. The largest absolute Gasteiger partial charge is 0.391 e. The molecule has 154 valence electrons. The minimum atomic E-state index is -0.283. The number of carbonyl (C=O) groups is 1. The Morgan fingerprint density at radius 3 is 2.76 bits per heavy atom. The van der Waals surface area contributed by atoms with Gasteiger partial charge >= 0.3 is 0 Å². The van der Waals surface area contributed by atoms with E-state index in [1.807, 2.05) is 20.0 Å². The van der Waals surface area contributed by atoms with Gasteiger partial charge in [0.15, 0.2) is 0 Å². The van der Waals surface area contributed by atoms with Crippen LogP contribution in [0.25, 0.3) is 11.3 Å². The van der Waals surface area contributed by atoms with Gasteiger partial charge in [0, 0.05) is 11.3 Å². The van der Waals surface area contributed by atoms with E-state index in [-0.39, 0.29) is 24.4 Å². The van der Waals surface area contributed by atoms with Gasteiger partial charge in [-0.3, -0.25) is 4.79 Å². The SMILES string of the molecule is CNCCC(NC(=O)c1ccc(-c2ccc(C)c(F)c2)[nH]1)c1nc(C)c(CO)s1. The van der Waals surface area contributed by atoms with E-state index in [0.717, 1.165) is 15.6 Å². The fourth-order valence-corrected chi connectivity index (χ4v) is 4.00. The molecular formula is C21H25FN4O2S. The summed E-state index contributed by atoms with van der Waals surface area (Å²) in [4.78, 5) is 21.2. The van der Waals surface area contributed by atoms with Crippen LogP contribution < -0.4 is 10.6 Å². The number of carbonyl (C=O) groups excluding carboxylic acids is 1. The molecule has 3 aromatic rings. The summed E-state index contributed by atoms with van der Waals surface area (Å²) in [6.45, 7) is 4.20. The summed E-state index contributed by atoms with van der Waals surface area (Å²) in [5.41, 5.74) is 3.10. The molecule has 29 heavy (non-hydrogen) atoms. The first-order chi connectivity index (χ1) is 13.9. The summed E-state index contributed by atoms with van der Waals surface area (Å²) in [6.07, 6.45) is 0.663. The molecule has 0 aliphatic rings. The van der Waals surface area contributed by atoms with Crippen molar-refractivity contribution in [1.29, 1.82) is 0 Å². The molecule has 0 aliphatic heterocycles. The zero-order valence-corrected chi connectivity index (χ0v) is 17.5. The maximum absolute atomic E-state index is 13.8. The van der Waals surface area contributed by atoms with E-state index in [1.54, 1.807) is 25.1 Å². The Hall–Kier alpha value is -2.55. The van der Waals surface area contributed by atoms with Crippen molar-refractivity contribution < 1.29 is 14.3 Å². The monoisotopic (exact) mass is 416 g/mol. The summed E-state index contributed by atoms with van der Waals surface area (Å²) in [5.74, 6) is -0.544. The van der Waals surface area contributed by atoms with Gasteiger partial charge in [-0.05, 0) is 57.6 Å². The van der Waals surface area contributed by atoms with Crippen molar-refractivity contribution in [3.05, 3.63) is 63.0 Å². The Morgan fingerprint density at radius 2 is 2.10 bits per heavy atom. The fourth-order valence-electron chi connectivity index (χ4n) is 2.98. The zero-order chi connectivity index (χ0) is 21.0. The van der Waals surface area contributed by atoms with E-state index < -0.39 is 0 Å². The summed E-state index contributed by atoms with van der Waals surface area (Å²) in [6, 6.07) is 8.15. The molecule has 0 fully saturated rings. The van der Waals surface area contributed by atoms with E-state index >= 15 is 0 Å². The highest BCUT2D eigenvalue weighted by atomic mass is 32.1. The molecule has 0 aliphatic carbocycles. The van der Waals surface area contributed by atoms with Crippen LogP contribution in [-0.4, -0.2) is 34.6 Å². The first-order valence-electron chi connectivity index (χ1n) is 9.41. The predicted molar refractivity (Wildman–Crippen MR) is 112 cm³/mol. The molecule has 0 spiro atoms. The van der Waals surface area contributed by atoms with Crippen molar-refractivity contribution in [2.75, 3.05) is 13.6 Å². The summed E-state index contributed by atoms with van der Waals surface area (Å²) < 4.78 is 13.8. The lowest BCUT2D eigenvalue weighted by Gasteiger charge is -2.16. The van der Waals surface area contributed by atoms with Gasteiger partial charge in [-0.15, -0.1) is 11.3 Å². The molecule has 2 aromatic heterocycles. The number of benzene rings is 1. The normalized spacial score (nSPS) is 12.2. The molecule has 8 heteroatoms. The molecule has 0 saturated heterocycles. The molecule has 2 heterocycles. The highest BCUT2D eigenvalue weighted by molar-refractivity contribution is 7.11. The number of aliphatic hydroxyl groups excluding tert-OH is 1. The van der Waals surface area contributed by atoms with Crippen LogP contribution in [0.5, 0.6) is 0 Å². The molecule has 6 nitrogen and oxygen atoms in total. The van der Waals surface area contributed by atoms with Crippen LogP contribution in [0, 0.1) is 19.7 Å². The van der Waals surface area contributed by atoms with Gasteiger partial charge in [-0.1, -0.05) is 12.1 Å². The number of H-pyrrole nitrogens is 1. The molecule has 0 radical (unpaired) electrons. The molecular weight excluding hydrogens is 391 g/mol. The number of hydrogen-bond acceptors (Lipinski definition) is 5. The fraction of sp³-hybridized carbons (Fsp3) is 0.333. The Kier molecular flexibility index (Phi) is 6.79. The predicted octanol–water partition coefficient (Wildman–Crippen LogP) is 3.47. The van der Waals surface area contributed by atoms with Crippen molar-refractivity contribution in [3.63, 3.8) is 0 Å². The van der Waals surface area contributed by atoms with E-state index in [0.29, 0.717) is 35.5 Å². The van der Waals surface area contributed by atoms with E-state index in [1.165, 1.54) is 17.4 Å². The Morgan fingerprint density at radius 1 is 1.31 bits per heavy atom. The van der Waals surface area contributed by atoms with Crippen molar-refractivity contribution in [2.45, 2.75) is 32.9 Å². The van der Waals surface area contributed by atoms with Gasteiger partial charge in [-0.2, -0.15) is 0 Å². The summed E-state index contributed by atoms with van der Waals surface area (Å²) >= 11 is 1.40. The third-order valence-corrected chi connectivity index (χ3v) is 6.01. The number of aliphatic hydroxyl groups is 1. The van der Waals surface area contributed by atoms with Crippen LogP contribution in [0.15, 0.2) is 30.3 Å². The number of rotatable bonds is 8. The Balaban J connectivity index is 1.78. The van der Waals surface area contributed by atoms with Gasteiger partial charge in [0.05, 0.1) is 23.2 Å². The standard InChI is InChI=1S/C21H25FN4O2S/c1-12-4-5-14(10-15(12)22)16-6-7-17(25-16)20(28)26-18(8-9-23-3)21-24-13(2)19(11-27)29-21/h4-7,10,18,23,25,27H,8-9,11H2,1-3H3,(H,26,28). The molecule has 0 saturated carbocycles. The molecule has 1 unspecified atom stereocenters. The molecule has 4 N–H and O–H groups in total. The number of aromatic nitrogens is 2. The smallest absolute Gasteiger partial charge is 0.268 e. The minimum Gasteiger partial charge on any atom is -0.391 e. The highest BCUT2D eigenvalue weighted by Gasteiger charge is 2.21. The number of aromatic amines is 1. The highest BCUT2D eigenvalue weighted by Crippen LogP contribution is 2.26. The van der Waals surface area contributed by atoms with Crippen LogP contribution >= 0.6 is 11.3 Å². The average molecular weight is 417 g/mol. The maximum atomic E-state index is 13.8. The Bertz CT molecular complexity index is 998. The summed E-state index contributed by atoms with van der Waals surface area (Å²) in [5, 5.41) is 16.3. The third-order valence-electron chi connectivity index (χ3n) is 4.75. The number of halogens is 1. The molecule has 1 amide bonds. The van der Waals surface area contributed by atoms with Crippen LogP contribution in [0.4, 0.5) is 4.39 Å². The lowest BCUT2D eigenvalue weighted by atomic mass is 10.1. The van der Waals surface area contributed by atoms with Crippen molar-refractivity contribution in [1.82, 2.24) is 20.6 Å². The topological polar surface area (TPSA) is 90.0 Å². The van der Waals surface area contributed by atoms with Crippen LogP contribution in [-0.2, 0) is 6.61 Å². The van der Waals surface area contributed by atoms with Gasteiger partial charge < -0.3 is 20.7 Å². The Labute approximate surface area is 173 Å². The quantitative estimate of drug-likeness (QED) is 0.453. The lowest BCUT2D eigenvalue weighted by molar-refractivity contribution is 0.0930. The number of aryl methyl sites for hydroxylation is 2. The second-order valence-corrected chi connectivity index (χ2v) is 8.00. The maximum Gasteiger partial charge on any atom is 0.268 e.